The molecule has 0 aliphatic heterocycles. The van der Waals surface area contributed by atoms with E-state index in [9.17, 15) is 4.79 Å². The van der Waals surface area contributed by atoms with Gasteiger partial charge in [0.05, 0.1) is 7.11 Å². The van der Waals surface area contributed by atoms with E-state index in [4.69, 9.17) is 13.1 Å². The largest absolute Gasteiger partial charge is 0.468 e. The molecule has 1 N–H and O–H groups in total. The molecule has 6 heteroatoms. The van der Waals surface area contributed by atoms with E-state index in [1.807, 2.05) is 48.5 Å². The van der Waals surface area contributed by atoms with E-state index in [0.29, 0.717) is 0 Å². The van der Waals surface area contributed by atoms with E-state index in [1.165, 1.54) is 7.11 Å². The van der Waals surface area contributed by atoms with Crippen molar-refractivity contribution in [2.24, 2.45) is 0 Å². The highest BCUT2D eigenvalue weighted by atomic mass is 31.1. The number of fused-ring (bicyclic) bond motifs is 7. The Morgan fingerprint density at radius 2 is 1.34 bits per heavy atom. The summed E-state index contributed by atoms with van der Waals surface area (Å²) in [5.41, 5.74) is 1.45. The molecule has 0 radical (unpaired) electrons. The van der Waals surface area contributed by atoms with Gasteiger partial charge in [0.15, 0.2) is 0 Å². The van der Waals surface area contributed by atoms with Crippen molar-refractivity contribution in [2.75, 3.05) is 18.7 Å². The topological polar surface area (TPSA) is 64.6 Å². The molecule has 0 saturated carbocycles. The summed E-state index contributed by atoms with van der Waals surface area (Å²) >= 11 is 0. The lowest BCUT2D eigenvalue weighted by molar-refractivity contribution is -0.138. The van der Waals surface area contributed by atoms with E-state index in [1.54, 1.807) is 0 Å². The molecular formula is C23H18NO4P. The minimum absolute atomic E-state index is 0.00797. The summed E-state index contributed by atoms with van der Waals surface area (Å²) in [5, 5.41) is 9.48. The Morgan fingerprint density at radius 1 is 0.828 bits per heavy atom. The second-order valence-corrected chi connectivity index (χ2v) is 7.87. The molecular weight excluding hydrogens is 385 g/mol. The Bertz CT molecular complexity index is 1330. The molecule has 5 rings (SSSR count). The van der Waals surface area contributed by atoms with Crippen LogP contribution in [0.4, 0.5) is 0 Å². The molecule has 4 aromatic carbocycles. The maximum Gasteiger partial charge on any atom is 0.320 e. The highest BCUT2D eigenvalue weighted by molar-refractivity contribution is 7.38. The van der Waals surface area contributed by atoms with Gasteiger partial charge < -0.3 is 13.1 Å². The van der Waals surface area contributed by atoms with Crippen molar-refractivity contribution in [1.29, 1.82) is 0 Å². The van der Waals surface area contributed by atoms with Gasteiger partial charge >= 0.3 is 14.1 Å². The Morgan fingerprint density at radius 3 is 1.86 bits per heavy atom. The van der Waals surface area contributed by atoms with Crippen LogP contribution in [0.15, 0.2) is 81.2 Å². The van der Waals surface area contributed by atoms with Gasteiger partial charge in [0.1, 0.15) is 17.7 Å². The molecule has 5 nitrogen and oxygen atoms in total. The third-order valence-corrected chi connectivity index (χ3v) is 6.12. The zero-order valence-corrected chi connectivity index (χ0v) is 16.6. The van der Waals surface area contributed by atoms with Gasteiger partial charge in [0.2, 0.25) is 0 Å². The average molecular weight is 403 g/mol. The maximum atomic E-state index is 11.6. The molecule has 1 heterocycles. The Hall–Kier alpha value is -3.27. The zero-order chi connectivity index (χ0) is 19.8. The molecule has 1 aromatic heterocycles. The molecule has 0 atom stereocenters. The summed E-state index contributed by atoms with van der Waals surface area (Å²) in [6, 6.07) is 24.5. The first-order chi connectivity index (χ1) is 14.2. The van der Waals surface area contributed by atoms with Crippen LogP contribution in [0.5, 0.6) is 0 Å². The summed E-state index contributed by atoms with van der Waals surface area (Å²) in [6.45, 7) is 0.00797. The zero-order valence-electron chi connectivity index (χ0n) is 15.7. The maximum absolute atomic E-state index is 11.6. The number of ether oxygens (including phenoxy) is 1. The fraction of sp³-hybridized carbons (Fsp3) is 0.0870. The van der Waals surface area contributed by atoms with Crippen LogP contribution in [0, 0.1) is 0 Å². The Kier molecular flexibility index (Phi) is 4.47. The minimum atomic E-state index is -1.57. The third-order valence-electron chi connectivity index (χ3n) is 4.97. The van der Waals surface area contributed by atoms with Crippen LogP contribution in [0.1, 0.15) is 0 Å². The van der Waals surface area contributed by atoms with E-state index in [2.05, 4.69) is 29.4 Å². The third kappa shape index (κ3) is 3.15. The Balaban J connectivity index is 1.95. The first-order valence-corrected chi connectivity index (χ1v) is 10.4. The predicted octanol–water partition coefficient (Wildman–Crippen LogP) is 6.31. The van der Waals surface area contributed by atoms with Crippen LogP contribution in [-0.2, 0) is 9.53 Å². The number of hydrogen-bond acceptors (Lipinski definition) is 5. The van der Waals surface area contributed by atoms with E-state index in [-0.39, 0.29) is 12.5 Å². The first-order valence-electron chi connectivity index (χ1n) is 9.25. The average Bonchev–Trinajstić information content (AvgIpc) is 2.94. The number of rotatable bonds is 3. The number of hydrogen-bond donors (Lipinski definition) is 1. The van der Waals surface area contributed by atoms with Crippen molar-refractivity contribution in [3.63, 3.8) is 0 Å². The van der Waals surface area contributed by atoms with Gasteiger partial charge in [0.25, 0.3) is 0 Å². The first kappa shape index (κ1) is 17.8. The summed E-state index contributed by atoms with van der Waals surface area (Å²) in [4.78, 5) is 11.6. The molecule has 0 aliphatic rings. The molecule has 0 amide bonds. The molecule has 144 valence electrons. The lowest BCUT2D eigenvalue weighted by Crippen LogP contribution is -2.12. The van der Waals surface area contributed by atoms with Crippen LogP contribution in [0.25, 0.3) is 43.5 Å². The van der Waals surface area contributed by atoms with Crippen molar-refractivity contribution in [2.45, 2.75) is 0 Å². The minimum Gasteiger partial charge on any atom is -0.468 e. The number of methoxy groups -OCH3 is 1. The lowest BCUT2D eigenvalue weighted by Gasteiger charge is -2.05. The van der Waals surface area contributed by atoms with Gasteiger partial charge in [0, 0.05) is 10.8 Å². The van der Waals surface area contributed by atoms with E-state index in [0.717, 1.165) is 43.5 Å². The molecule has 0 unspecified atom stereocenters. The number of carbonyl (C=O) groups excluding carboxylic acids is 1. The standard InChI is InChI=1S/C23H18NO4P/c1-26-21(25)14-24-29-27-19-12-10-15-6-2-4-8-17(15)22(19)23-18-9-5-3-7-16(18)11-13-20(23)28-29/h2-13,24H,14H2,1H3. The second kappa shape index (κ2) is 7.28. The van der Waals surface area contributed by atoms with Gasteiger partial charge in [-0.1, -0.05) is 60.7 Å². The van der Waals surface area contributed by atoms with Crippen molar-refractivity contribution in [3.8, 4) is 0 Å². The van der Waals surface area contributed by atoms with Gasteiger partial charge in [-0.2, -0.15) is 0 Å². The van der Waals surface area contributed by atoms with E-state index < -0.39 is 8.16 Å². The molecule has 0 aliphatic carbocycles. The number of nitrogens with one attached hydrogen (secondary N) is 1. The van der Waals surface area contributed by atoms with Crippen LogP contribution in [0.3, 0.4) is 0 Å². The van der Waals surface area contributed by atoms with Gasteiger partial charge in [-0.3, -0.25) is 4.79 Å². The van der Waals surface area contributed by atoms with Crippen molar-refractivity contribution in [1.82, 2.24) is 0 Å². The summed E-state index contributed by atoms with van der Waals surface area (Å²) < 4.78 is 17.2. The number of benzene rings is 4. The van der Waals surface area contributed by atoms with Crippen molar-refractivity contribution in [3.05, 3.63) is 72.8 Å². The number of carbonyl (C=O) groups is 1. The lowest BCUT2D eigenvalue weighted by atomic mass is 9.99. The summed E-state index contributed by atoms with van der Waals surface area (Å²) in [5.74, 6) is -0.374. The molecule has 0 fully saturated rings. The molecule has 0 bridgehead atoms. The highest BCUT2D eigenvalue weighted by Gasteiger charge is 2.13. The SMILES string of the molecule is COC(=O)CNp1oc2ccc3ccccc3c2c2c(ccc3ccccc32)o1. The van der Waals surface area contributed by atoms with Crippen LogP contribution in [0.2, 0.25) is 0 Å². The molecule has 29 heavy (non-hydrogen) atoms. The fourth-order valence-corrected chi connectivity index (χ4v) is 4.72. The fourth-order valence-electron chi connectivity index (χ4n) is 3.63. The smallest absolute Gasteiger partial charge is 0.320 e. The summed E-state index contributed by atoms with van der Waals surface area (Å²) in [7, 11) is -0.215. The quantitative estimate of drug-likeness (QED) is 0.358. The molecule has 0 saturated heterocycles. The van der Waals surface area contributed by atoms with Crippen LogP contribution in [-0.4, -0.2) is 19.6 Å². The van der Waals surface area contributed by atoms with Crippen molar-refractivity contribution >= 4 is 57.6 Å². The van der Waals surface area contributed by atoms with Gasteiger partial charge in [-0.15, -0.1) is 0 Å². The highest BCUT2D eigenvalue weighted by Crippen LogP contribution is 2.39. The van der Waals surface area contributed by atoms with Gasteiger partial charge in [-0.05, 0) is 33.7 Å². The molecule has 0 spiro atoms. The van der Waals surface area contributed by atoms with Crippen LogP contribution < -0.4 is 5.09 Å². The normalized spacial score (nSPS) is 11.3. The van der Waals surface area contributed by atoms with Crippen LogP contribution >= 0.6 is 8.16 Å². The van der Waals surface area contributed by atoms with Gasteiger partial charge in [-0.25, -0.2) is 5.09 Å². The second-order valence-electron chi connectivity index (χ2n) is 6.67. The predicted molar refractivity (Wildman–Crippen MR) is 118 cm³/mol. The molecule has 5 aromatic rings. The van der Waals surface area contributed by atoms with Crippen molar-refractivity contribution < 1.29 is 17.9 Å². The monoisotopic (exact) mass is 403 g/mol. The van der Waals surface area contributed by atoms with E-state index >= 15 is 0 Å². The number of esters is 1. The summed E-state index contributed by atoms with van der Waals surface area (Å²) in [6.07, 6.45) is 0. The Labute approximate surface area is 167 Å².